The Morgan fingerprint density at radius 2 is 1.46 bits per heavy atom. The number of fused-ring (bicyclic) bond motifs is 2. The van der Waals surface area contributed by atoms with E-state index in [9.17, 15) is 0 Å². The summed E-state index contributed by atoms with van der Waals surface area (Å²) in [6, 6.07) is 11.1. The van der Waals surface area contributed by atoms with Crippen LogP contribution in [-0.4, -0.2) is 37.9 Å². The van der Waals surface area contributed by atoms with Crippen LogP contribution in [0.5, 0.6) is 0 Å². The van der Waals surface area contributed by atoms with Gasteiger partial charge in [-0.1, -0.05) is 78.3 Å². The maximum absolute atomic E-state index is 4.45. The van der Waals surface area contributed by atoms with Gasteiger partial charge in [0.2, 0.25) is 0 Å². The fourth-order valence-corrected chi connectivity index (χ4v) is 4.23. The Bertz CT molecular complexity index is 1080. The van der Waals surface area contributed by atoms with Crippen LogP contribution in [0.25, 0.3) is 33.3 Å². The largest absolute Gasteiger partial charge is 0.354 e. The summed E-state index contributed by atoms with van der Waals surface area (Å²) >= 11 is 0. The molecule has 2 N–H and O–H groups in total. The van der Waals surface area contributed by atoms with E-state index in [0.717, 1.165) is 34.8 Å². The van der Waals surface area contributed by atoms with Crippen LogP contribution in [-0.2, 0) is 6.54 Å². The summed E-state index contributed by atoms with van der Waals surface area (Å²) in [6.45, 7) is 5.47. The second kappa shape index (κ2) is 16.9. The second-order valence-corrected chi connectivity index (χ2v) is 7.67. The number of benzene rings is 1. The molecule has 1 saturated heterocycles. The lowest BCUT2D eigenvalue weighted by molar-refractivity contribution is 0.277. The number of imidazole rings is 1. The highest BCUT2D eigenvalue weighted by Crippen LogP contribution is 2.29. The molecule has 4 aromatic rings. The third-order valence-electron chi connectivity index (χ3n) is 5.59. The predicted octanol–water partition coefficient (Wildman–Crippen LogP) is 9.88. The SMILES string of the molecule is C.C.C.C.C.C.C.C.Cc1nc2nccc(-c3cc4cc(CN5CCCCCC5)ccc4[nH]3)c2[nH]1. The van der Waals surface area contributed by atoms with E-state index >= 15 is 0 Å². The molecule has 0 saturated carbocycles. The van der Waals surface area contributed by atoms with E-state index < -0.39 is 0 Å². The Labute approximate surface area is 217 Å². The Balaban J connectivity index is -0.000000601. The molecule has 5 heteroatoms. The van der Waals surface area contributed by atoms with Crippen molar-refractivity contribution in [2.45, 2.75) is 98.6 Å². The summed E-state index contributed by atoms with van der Waals surface area (Å²) in [7, 11) is 0. The summed E-state index contributed by atoms with van der Waals surface area (Å²) < 4.78 is 0. The molecule has 4 heterocycles. The molecule has 202 valence electrons. The molecule has 0 bridgehead atoms. The minimum absolute atomic E-state index is 0. The molecule has 0 atom stereocenters. The van der Waals surface area contributed by atoms with Gasteiger partial charge in [0.1, 0.15) is 5.82 Å². The topological polar surface area (TPSA) is 60.6 Å². The molecule has 1 aliphatic rings. The van der Waals surface area contributed by atoms with Crippen LogP contribution in [0.4, 0.5) is 0 Å². The van der Waals surface area contributed by atoms with Gasteiger partial charge in [-0.3, -0.25) is 4.90 Å². The van der Waals surface area contributed by atoms with Crippen molar-refractivity contribution in [3.05, 3.63) is 47.9 Å². The third kappa shape index (κ3) is 8.21. The van der Waals surface area contributed by atoms with E-state index in [1.807, 2.05) is 19.2 Å². The smallest absolute Gasteiger partial charge is 0.178 e. The van der Waals surface area contributed by atoms with E-state index in [0.29, 0.717) is 0 Å². The number of nitrogens with one attached hydrogen (secondary N) is 2. The van der Waals surface area contributed by atoms with Gasteiger partial charge >= 0.3 is 0 Å². The molecule has 1 fully saturated rings. The van der Waals surface area contributed by atoms with Gasteiger partial charge < -0.3 is 9.97 Å². The Hall–Kier alpha value is -2.66. The van der Waals surface area contributed by atoms with Crippen LogP contribution in [0.15, 0.2) is 36.5 Å². The van der Waals surface area contributed by atoms with Crippen molar-refractivity contribution >= 4 is 22.1 Å². The van der Waals surface area contributed by atoms with Crippen LogP contribution in [0.2, 0.25) is 0 Å². The first kappa shape index (κ1) is 39.5. The number of H-pyrrole nitrogens is 2. The molecule has 0 radical (unpaired) electrons. The summed E-state index contributed by atoms with van der Waals surface area (Å²) in [6.07, 6.45) is 7.25. The van der Waals surface area contributed by atoms with E-state index in [-0.39, 0.29) is 59.4 Å². The quantitative estimate of drug-likeness (QED) is 0.302. The molecule has 0 spiro atoms. The average Bonchev–Trinajstić information content (AvgIpc) is 3.16. The normalized spacial score (nSPS) is 12.5. The zero-order valence-electron chi connectivity index (χ0n) is 15.8. The average molecular weight is 488 g/mol. The fraction of sp³-hybridized carbons (Fsp3) is 0.533. The molecule has 1 aromatic carbocycles. The van der Waals surface area contributed by atoms with Gasteiger partial charge in [0, 0.05) is 34.9 Å². The first-order chi connectivity index (χ1) is 13.3. The van der Waals surface area contributed by atoms with Crippen LogP contribution < -0.4 is 0 Å². The van der Waals surface area contributed by atoms with Crippen molar-refractivity contribution in [3.63, 3.8) is 0 Å². The maximum Gasteiger partial charge on any atom is 0.178 e. The Morgan fingerprint density at radius 3 is 2.11 bits per heavy atom. The number of aromatic amines is 2. The molecular formula is C30H57N5. The zero-order valence-corrected chi connectivity index (χ0v) is 15.8. The number of aryl methyl sites for hydroxylation is 1. The molecule has 3 aromatic heterocycles. The minimum Gasteiger partial charge on any atom is -0.354 e. The van der Waals surface area contributed by atoms with Gasteiger partial charge in [-0.25, -0.2) is 9.97 Å². The Morgan fingerprint density at radius 1 is 0.800 bits per heavy atom. The number of rotatable bonds is 3. The second-order valence-electron chi connectivity index (χ2n) is 7.67. The number of hydrogen-bond acceptors (Lipinski definition) is 3. The maximum atomic E-state index is 4.45. The monoisotopic (exact) mass is 487 g/mol. The number of nitrogens with zero attached hydrogens (tertiary/aromatic N) is 3. The lowest BCUT2D eigenvalue weighted by Crippen LogP contribution is -2.23. The zero-order chi connectivity index (χ0) is 18.2. The summed E-state index contributed by atoms with van der Waals surface area (Å²) in [5, 5.41) is 1.26. The Kier molecular flexibility index (Phi) is 19.1. The first-order valence-electron chi connectivity index (χ1n) is 9.92. The number of hydrogen-bond donors (Lipinski definition) is 2. The molecule has 0 amide bonds. The van der Waals surface area contributed by atoms with Gasteiger partial charge in [0.15, 0.2) is 5.65 Å². The summed E-state index contributed by atoms with van der Waals surface area (Å²) in [5.41, 5.74) is 6.55. The van der Waals surface area contributed by atoms with Crippen molar-refractivity contribution in [1.29, 1.82) is 0 Å². The first-order valence-corrected chi connectivity index (χ1v) is 9.92. The van der Waals surface area contributed by atoms with Gasteiger partial charge in [-0.15, -0.1) is 0 Å². The standard InChI is InChI=1S/C22H25N5.8CH4/c1-15-24-21-18(8-9-23-22(21)25-15)20-13-17-12-16(6-7-19(17)26-20)14-27-10-4-2-3-5-11-27;;;;;;;;/h6-9,12-13,26H,2-5,10-11,14H2,1H3,(H,23,24,25);8*1H4. The fourth-order valence-electron chi connectivity index (χ4n) is 4.23. The summed E-state index contributed by atoms with van der Waals surface area (Å²) in [5.74, 6) is 0.890. The molecular weight excluding hydrogens is 430 g/mol. The lowest BCUT2D eigenvalue weighted by atomic mass is 10.1. The van der Waals surface area contributed by atoms with Crippen molar-refractivity contribution in [3.8, 4) is 11.3 Å². The molecule has 0 aliphatic carbocycles. The van der Waals surface area contributed by atoms with E-state index in [2.05, 4.69) is 49.1 Å². The molecule has 5 nitrogen and oxygen atoms in total. The van der Waals surface area contributed by atoms with Gasteiger partial charge in [-0.05, 0) is 62.7 Å². The van der Waals surface area contributed by atoms with E-state index in [4.69, 9.17) is 0 Å². The highest BCUT2D eigenvalue weighted by Gasteiger charge is 2.13. The summed E-state index contributed by atoms with van der Waals surface area (Å²) in [4.78, 5) is 18.3. The number of likely N-dealkylation sites (tertiary alicyclic amines) is 1. The van der Waals surface area contributed by atoms with Crippen LogP contribution in [0, 0.1) is 6.92 Å². The highest BCUT2D eigenvalue weighted by molar-refractivity contribution is 5.94. The van der Waals surface area contributed by atoms with Gasteiger partial charge in [-0.2, -0.15) is 0 Å². The van der Waals surface area contributed by atoms with Crippen molar-refractivity contribution in [2.24, 2.45) is 0 Å². The van der Waals surface area contributed by atoms with Gasteiger partial charge in [0.25, 0.3) is 0 Å². The molecule has 0 unspecified atom stereocenters. The van der Waals surface area contributed by atoms with E-state index in [1.165, 1.54) is 55.2 Å². The van der Waals surface area contributed by atoms with Gasteiger partial charge in [0.05, 0.1) is 5.52 Å². The van der Waals surface area contributed by atoms with Crippen molar-refractivity contribution < 1.29 is 0 Å². The van der Waals surface area contributed by atoms with Crippen LogP contribution >= 0.6 is 0 Å². The van der Waals surface area contributed by atoms with Crippen molar-refractivity contribution in [1.82, 2.24) is 24.8 Å². The lowest BCUT2D eigenvalue weighted by Gasteiger charge is -2.19. The minimum atomic E-state index is 0. The third-order valence-corrected chi connectivity index (χ3v) is 5.59. The molecule has 5 rings (SSSR count). The highest BCUT2D eigenvalue weighted by atomic mass is 15.1. The van der Waals surface area contributed by atoms with Crippen LogP contribution in [0.3, 0.4) is 0 Å². The number of pyridine rings is 1. The van der Waals surface area contributed by atoms with Crippen molar-refractivity contribution in [2.75, 3.05) is 13.1 Å². The predicted molar refractivity (Wildman–Crippen MR) is 164 cm³/mol. The van der Waals surface area contributed by atoms with Crippen LogP contribution in [0.1, 0.15) is 96.5 Å². The molecule has 35 heavy (non-hydrogen) atoms. The molecule has 1 aliphatic heterocycles. The van der Waals surface area contributed by atoms with E-state index in [1.54, 1.807) is 0 Å². The number of aromatic nitrogens is 4.